The molecule has 496 valence electrons. The third kappa shape index (κ3) is 12.4. The summed E-state index contributed by atoms with van der Waals surface area (Å²) >= 11 is 3.53. The molecule has 0 bridgehead atoms. The maximum absolute atomic E-state index is 12.8. The van der Waals surface area contributed by atoms with Crippen LogP contribution in [-0.2, 0) is 11.0 Å². The van der Waals surface area contributed by atoms with Crippen LogP contribution in [0.5, 0.6) is 0 Å². The lowest BCUT2D eigenvalue weighted by molar-refractivity contribution is 0.128. The van der Waals surface area contributed by atoms with Crippen LogP contribution in [0.25, 0.3) is 110 Å². The molecule has 0 saturated carbocycles. The van der Waals surface area contributed by atoms with Crippen molar-refractivity contribution in [3.05, 3.63) is 430 Å². The van der Waals surface area contributed by atoms with Crippen molar-refractivity contribution in [3.8, 4) is 77.9 Å². The number of hydrogen-bond acceptors (Lipinski definition) is 2. The number of halogens is 1. The highest BCUT2D eigenvalue weighted by molar-refractivity contribution is 9.10. The van der Waals surface area contributed by atoms with Crippen LogP contribution in [0.4, 0.5) is 0 Å². The molecule has 3 aliphatic rings. The summed E-state index contributed by atoms with van der Waals surface area (Å²) < 4.78 is 1.14. The first kappa shape index (κ1) is 68.9. The van der Waals surface area contributed by atoms with E-state index in [1.807, 2.05) is 163 Å². The third-order valence-corrected chi connectivity index (χ3v) is 20.2. The van der Waals surface area contributed by atoms with Crippen molar-refractivity contribution in [1.82, 2.24) is 0 Å². The quantitative estimate of drug-likeness (QED) is 0.191. The predicted octanol–water partition coefficient (Wildman–Crippen LogP) is 26.8. The van der Waals surface area contributed by atoms with Gasteiger partial charge in [-0.1, -0.05) is 428 Å². The van der Waals surface area contributed by atoms with E-state index in [1.165, 1.54) is 66.8 Å². The second-order valence-electron chi connectivity index (χ2n) is 24.5. The Bertz CT molecular complexity index is 5420. The van der Waals surface area contributed by atoms with Gasteiger partial charge < -0.3 is 5.11 Å². The number of benzene rings is 15. The highest BCUT2D eigenvalue weighted by Crippen LogP contribution is 2.61. The van der Waals surface area contributed by atoms with Gasteiger partial charge in [0.05, 0.1) is 5.41 Å². The first-order chi connectivity index (χ1) is 50.4. The zero-order valence-corrected chi connectivity index (χ0v) is 60.1. The van der Waals surface area contributed by atoms with Crippen molar-refractivity contribution in [2.75, 3.05) is 0 Å². The van der Waals surface area contributed by atoms with E-state index >= 15 is 0 Å². The Morgan fingerprint density at radius 3 is 0.735 bits per heavy atom. The molecule has 19 rings (SSSR count). The molecule has 3 heteroatoms. The van der Waals surface area contributed by atoms with E-state index in [-0.39, 0.29) is 12.3 Å². The van der Waals surface area contributed by atoms with Crippen molar-refractivity contribution in [1.29, 1.82) is 0 Å². The lowest BCUT2D eigenvalue weighted by atomic mass is 9.66. The summed E-state index contributed by atoms with van der Waals surface area (Å²) in [5.74, 6) is 0. The topological polar surface area (TPSA) is 37.3 Å². The van der Waals surface area contributed by atoms with Gasteiger partial charge in [-0.15, -0.1) is 0 Å². The Morgan fingerprint density at radius 2 is 0.412 bits per heavy atom. The summed E-state index contributed by atoms with van der Waals surface area (Å²) in [5, 5.41) is 18.7. The minimum Gasteiger partial charge on any atom is -0.376 e. The molecule has 0 aromatic heterocycles. The van der Waals surface area contributed by atoms with Crippen LogP contribution >= 0.6 is 15.9 Å². The fraction of sp³-hybridized carbons (Fsp3) is 0.0808. The van der Waals surface area contributed by atoms with Crippen LogP contribution in [0.3, 0.4) is 0 Å². The molecule has 16 aromatic rings. The minimum absolute atomic E-state index is 0. The summed E-state index contributed by atoms with van der Waals surface area (Å²) in [7, 11) is 0. The molecule has 0 atom stereocenters. The van der Waals surface area contributed by atoms with Crippen LogP contribution < -0.4 is 5.43 Å². The van der Waals surface area contributed by atoms with Gasteiger partial charge in [-0.25, -0.2) is 0 Å². The fourth-order valence-corrected chi connectivity index (χ4v) is 15.9. The second kappa shape index (κ2) is 31.3. The SMILES string of the molecule is Brc1ccccc1-c1ccccc1.CC.CC.CC.O=c1c2ccccc2c2ccccc2c2ccccc12.OC1(c2ccccc2-c2ccccc2)c2ccccc2-c2ccccc2-c2ccccc21.[H+].c1ccc2c(c1)-c1ccccc1C1(c3ccccc3-2)c2ccccc2-c2ccccc21. The highest BCUT2D eigenvalue weighted by Gasteiger charge is 2.49. The fourth-order valence-electron chi connectivity index (χ4n) is 15.4. The Hall–Kier alpha value is -11.6. The van der Waals surface area contributed by atoms with Crippen LogP contribution in [-0.4, -0.2) is 5.11 Å². The molecule has 0 radical (unpaired) electrons. The van der Waals surface area contributed by atoms with E-state index in [0.717, 1.165) is 86.9 Å². The van der Waals surface area contributed by atoms with Crippen molar-refractivity contribution in [2.24, 2.45) is 0 Å². The van der Waals surface area contributed by atoms with Gasteiger partial charge in [-0.05, 0) is 128 Å². The van der Waals surface area contributed by atoms with Crippen molar-refractivity contribution >= 4 is 48.2 Å². The molecule has 2 nitrogen and oxygen atoms in total. The smallest absolute Gasteiger partial charge is 0.376 e. The molecule has 1 N–H and O–H groups in total. The molecule has 0 saturated heterocycles. The van der Waals surface area contributed by atoms with Gasteiger partial charge >= 0.3 is 1.43 Å². The highest BCUT2D eigenvalue weighted by atomic mass is 79.9. The molecule has 0 fully saturated rings. The van der Waals surface area contributed by atoms with Gasteiger partial charge in [-0.3, -0.25) is 4.79 Å². The minimum atomic E-state index is -1.31. The molecule has 0 unspecified atom stereocenters. The van der Waals surface area contributed by atoms with Gasteiger partial charge in [-0.2, -0.15) is 0 Å². The average Bonchev–Trinajstić information content (AvgIpc) is 1.53. The van der Waals surface area contributed by atoms with Crippen LogP contribution in [0, 0.1) is 0 Å². The first-order valence-corrected chi connectivity index (χ1v) is 36.5. The molecule has 16 aromatic carbocycles. The van der Waals surface area contributed by atoms with E-state index in [9.17, 15) is 9.90 Å². The van der Waals surface area contributed by atoms with Crippen molar-refractivity contribution in [3.63, 3.8) is 0 Å². The van der Waals surface area contributed by atoms with E-state index in [0.29, 0.717) is 0 Å². The Morgan fingerprint density at radius 1 is 0.216 bits per heavy atom. The maximum atomic E-state index is 12.8. The monoisotopic (exact) mass is 1380 g/mol. The molecule has 0 amide bonds. The number of hydrogen-bond donors (Lipinski definition) is 1. The van der Waals surface area contributed by atoms with Gasteiger partial charge in [0.15, 0.2) is 5.43 Å². The lowest BCUT2D eigenvalue weighted by Crippen LogP contribution is -2.30. The first-order valence-electron chi connectivity index (χ1n) is 35.7. The van der Waals surface area contributed by atoms with E-state index < -0.39 is 5.60 Å². The predicted molar refractivity (Wildman–Crippen MR) is 439 cm³/mol. The zero-order valence-electron chi connectivity index (χ0n) is 59.5. The number of aliphatic hydroxyl groups is 1. The van der Waals surface area contributed by atoms with E-state index in [2.05, 4.69) is 271 Å². The van der Waals surface area contributed by atoms with E-state index in [1.54, 1.807) is 0 Å². The standard InChI is InChI=1S/C31H22O.C31H20.C19H12O.C12H9Br.3C2H6/c32-31(28-19-9-6-14-23(28)22-12-2-1-3-13-22)29-20-10-7-17-26(29)24-15-4-5-16-25(24)27-18-8-11-21-30(27)31;1-2-12-22-21(11-1)23-13-3-7-17-27(23)31(28-18-8-4-14-24(22)28)29-19-9-5-15-25(29)26-16-6-10-20-30(26)31;20-19-17-11-5-3-9-15(17)13-7-1-2-8-14(13)16-10-4-6-12-18(16)19;13-12-9-5-4-8-11(12)10-6-2-1-3-7-10;3*1-2/h1-21,32H;1-20H;1-12H;1-9H;3*1-2H3/p+1. The molecular formula is C99H82BrO2+. The summed E-state index contributed by atoms with van der Waals surface area (Å²) in [6, 6.07) is 131. The molecule has 3 aliphatic carbocycles. The van der Waals surface area contributed by atoms with Gasteiger partial charge in [0.1, 0.15) is 5.60 Å². The van der Waals surface area contributed by atoms with Gasteiger partial charge in [0.2, 0.25) is 0 Å². The molecule has 0 aliphatic heterocycles. The Balaban J connectivity index is 0.000000131. The van der Waals surface area contributed by atoms with Crippen LogP contribution in [0.1, 0.15) is 81.9 Å². The maximum Gasteiger partial charge on any atom is 1.00 e. The normalized spacial score (nSPS) is 12.1. The number of fused-ring (bicyclic) bond motifs is 22. The van der Waals surface area contributed by atoms with Crippen molar-refractivity contribution in [2.45, 2.75) is 52.6 Å². The van der Waals surface area contributed by atoms with Gasteiger partial charge in [0, 0.05) is 31.9 Å². The molecule has 102 heavy (non-hydrogen) atoms. The lowest BCUT2D eigenvalue weighted by Gasteiger charge is -2.35. The molecule has 0 heterocycles. The second-order valence-corrected chi connectivity index (χ2v) is 25.4. The zero-order chi connectivity index (χ0) is 70.6. The van der Waals surface area contributed by atoms with E-state index in [4.69, 9.17) is 0 Å². The van der Waals surface area contributed by atoms with Crippen molar-refractivity contribution < 1.29 is 6.53 Å². The molecule has 1 spiro atoms. The summed E-state index contributed by atoms with van der Waals surface area (Å²) in [6.45, 7) is 12.0. The Kier molecular flexibility index (Phi) is 21.2. The Labute approximate surface area is 610 Å². The summed E-state index contributed by atoms with van der Waals surface area (Å²) in [6.07, 6.45) is 0. The largest absolute Gasteiger partial charge is 1.00 e. The van der Waals surface area contributed by atoms with Crippen LogP contribution in [0.15, 0.2) is 385 Å². The molecular weight excluding hydrogens is 1300 g/mol. The number of rotatable bonds is 3. The van der Waals surface area contributed by atoms with Gasteiger partial charge in [0.25, 0.3) is 0 Å². The summed E-state index contributed by atoms with van der Waals surface area (Å²) in [5.41, 5.74) is 23.6. The average molecular weight is 1380 g/mol. The summed E-state index contributed by atoms with van der Waals surface area (Å²) in [4.78, 5) is 12.8. The third-order valence-electron chi connectivity index (χ3n) is 19.5. The van der Waals surface area contributed by atoms with Crippen LogP contribution in [0.2, 0.25) is 0 Å².